The number of carbonyl (C=O) groups is 1. The van der Waals surface area contributed by atoms with Gasteiger partial charge in [0.05, 0.1) is 12.7 Å². The van der Waals surface area contributed by atoms with Crippen molar-refractivity contribution in [3.63, 3.8) is 0 Å². The van der Waals surface area contributed by atoms with Gasteiger partial charge in [-0.25, -0.2) is 0 Å². The van der Waals surface area contributed by atoms with Crippen LogP contribution >= 0.6 is 0 Å². The van der Waals surface area contributed by atoms with Gasteiger partial charge in [0.15, 0.2) is 0 Å². The first-order chi connectivity index (χ1) is 7.35. The molecule has 0 aliphatic rings. The average Bonchev–Trinajstić information content (AvgIpc) is 2.12. The van der Waals surface area contributed by atoms with Gasteiger partial charge in [0, 0.05) is 6.54 Å². The predicted octanol–water partition coefficient (Wildman–Crippen LogP) is 1.00. The third-order valence-corrected chi connectivity index (χ3v) is 2.57. The van der Waals surface area contributed by atoms with Crippen LogP contribution < -0.4 is 0 Å². The monoisotopic (exact) mass is 251 g/mol. The lowest BCUT2D eigenvalue weighted by Crippen LogP contribution is -2.24. The van der Waals surface area contributed by atoms with Gasteiger partial charge in [0.2, 0.25) is 0 Å². The third-order valence-electron chi connectivity index (χ3n) is 2.09. The predicted molar refractivity (Wildman–Crippen MR) is 62.6 cm³/mol. The van der Waals surface area contributed by atoms with Crippen molar-refractivity contribution in [1.82, 2.24) is 4.90 Å². The summed E-state index contributed by atoms with van der Waals surface area (Å²) in [6, 6.07) is 0. The van der Waals surface area contributed by atoms with Crippen molar-refractivity contribution in [1.29, 1.82) is 0 Å². The molecule has 0 aromatic rings. The maximum Gasteiger partial charge on any atom is 0.323 e. The number of nitrogens with zero attached hydrogens (tertiary/aromatic N) is 1. The van der Waals surface area contributed by atoms with Gasteiger partial charge in [-0.2, -0.15) is 8.42 Å². The first-order valence-electron chi connectivity index (χ1n) is 5.46. The summed E-state index contributed by atoms with van der Waals surface area (Å²) in [5, 5.41) is 0. The SMILES string of the molecule is CCCCCN(C)CCC(=O)OS(C)(=O)=O. The molecule has 6 heteroatoms. The molecule has 0 aromatic heterocycles. The highest BCUT2D eigenvalue weighted by Crippen LogP contribution is 1.99. The summed E-state index contributed by atoms with van der Waals surface area (Å²) in [5.41, 5.74) is 0. The molecular weight excluding hydrogens is 230 g/mol. The highest BCUT2D eigenvalue weighted by atomic mass is 32.2. The van der Waals surface area contributed by atoms with E-state index in [4.69, 9.17) is 0 Å². The number of hydrogen-bond donors (Lipinski definition) is 0. The Labute approximate surface area is 97.9 Å². The number of unbranched alkanes of at least 4 members (excludes halogenated alkanes) is 2. The van der Waals surface area contributed by atoms with E-state index in [-0.39, 0.29) is 6.42 Å². The molecule has 0 rings (SSSR count). The molecule has 0 N–H and O–H groups in total. The van der Waals surface area contributed by atoms with E-state index in [1.54, 1.807) is 0 Å². The molecule has 5 nitrogen and oxygen atoms in total. The van der Waals surface area contributed by atoms with Crippen LogP contribution in [0.4, 0.5) is 0 Å². The van der Waals surface area contributed by atoms with Crippen LogP contribution in [0.1, 0.15) is 32.6 Å². The lowest BCUT2D eigenvalue weighted by Gasteiger charge is -2.15. The molecule has 96 valence electrons. The van der Waals surface area contributed by atoms with Gasteiger partial charge in [-0.3, -0.25) is 4.79 Å². The van der Waals surface area contributed by atoms with Crippen molar-refractivity contribution >= 4 is 16.1 Å². The van der Waals surface area contributed by atoms with Crippen molar-refractivity contribution in [2.45, 2.75) is 32.6 Å². The quantitative estimate of drug-likeness (QED) is 0.476. The van der Waals surface area contributed by atoms with Crippen molar-refractivity contribution in [2.24, 2.45) is 0 Å². The summed E-state index contributed by atoms with van der Waals surface area (Å²) >= 11 is 0. The minimum Gasteiger partial charge on any atom is -0.346 e. The minimum absolute atomic E-state index is 0.107. The average molecular weight is 251 g/mol. The van der Waals surface area contributed by atoms with Gasteiger partial charge >= 0.3 is 16.1 Å². The molecule has 0 atom stereocenters. The van der Waals surface area contributed by atoms with Gasteiger partial charge in [-0.15, -0.1) is 0 Å². The largest absolute Gasteiger partial charge is 0.346 e. The molecule has 0 saturated carbocycles. The van der Waals surface area contributed by atoms with Gasteiger partial charge in [-0.05, 0) is 20.0 Å². The van der Waals surface area contributed by atoms with Gasteiger partial charge in [-0.1, -0.05) is 19.8 Å². The molecule has 0 aromatic carbocycles. The highest BCUT2D eigenvalue weighted by Gasteiger charge is 2.11. The zero-order valence-corrected chi connectivity index (χ0v) is 11.0. The Morgan fingerprint density at radius 3 is 2.38 bits per heavy atom. The lowest BCUT2D eigenvalue weighted by molar-refractivity contribution is -0.134. The van der Waals surface area contributed by atoms with E-state index < -0.39 is 16.1 Å². The minimum atomic E-state index is -3.66. The second kappa shape index (κ2) is 7.62. The van der Waals surface area contributed by atoms with E-state index in [2.05, 4.69) is 11.1 Å². The fourth-order valence-electron chi connectivity index (χ4n) is 1.24. The Morgan fingerprint density at radius 1 is 1.25 bits per heavy atom. The Balaban J connectivity index is 3.67. The van der Waals surface area contributed by atoms with Crippen LogP contribution in [0.2, 0.25) is 0 Å². The van der Waals surface area contributed by atoms with Crippen LogP contribution in [0, 0.1) is 0 Å². The van der Waals surface area contributed by atoms with E-state index in [1.807, 2.05) is 11.9 Å². The second-order valence-electron chi connectivity index (χ2n) is 3.92. The second-order valence-corrected chi connectivity index (χ2v) is 5.49. The first kappa shape index (κ1) is 15.4. The molecule has 0 radical (unpaired) electrons. The summed E-state index contributed by atoms with van der Waals surface area (Å²) in [6.45, 7) is 3.57. The standard InChI is InChI=1S/C10H21NO4S/c1-4-5-6-8-11(2)9-7-10(12)15-16(3,13)14/h4-9H2,1-3H3. The fraction of sp³-hybridized carbons (Fsp3) is 0.900. The van der Waals surface area contributed by atoms with Crippen LogP contribution in [0.5, 0.6) is 0 Å². The molecule has 0 amide bonds. The lowest BCUT2D eigenvalue weighted by atomic mass is 10.2. The Hall–Kier alpha value is -0.620. The molecule has 0 heterocycles. The Morgan fingerprint density at radius 2 is 1.88 bits per heavy atom. The molecule has 0 fully saturated rings. The molecule has 0 aliphatic carbocycles. The van der Waals surface area contributed by atoms with Crippen LogP contribution in [0.15, 0.2) is 0 Å². The van der Waals surface area contributed by atoms with E-state index in [0.29, 0.717) is 6.54 Å². The molecule has 0 bridgehead atoms. The molecule has 0 aliphatic heterocycles. The summed E-state index contributed by atoms with van der Waals surface area (Å²) in [7, 11) is -1.75. The maximum absolute atomic E-state index is 11.1. The zero-order valence-electron chi connectivity index (χ0n) is 10.2. The van der Waals surface area contributed by atoms with Crippen LogP contribution in [-0.4, -0.2) is 45.7 Å². The highest BCUT2D eigenvalue weighted by molar-refractivity contribution is 7.86. The fourth-order valence-corrected chi connectivity index (χ4v) is 1.66. The number of rotatable bonds is 8. The van der Waals surface area contributed by atoms with Crippen molar-refractivity contribution < 1.29 is 17.4 Å². The smallest absolute Gasteiger partial charge is 0.323 e. The summed E-state index contributed by atoms with van der Waals surface area (Å²) < 4.78 is 25.5. The molecular formula is C10H21NO4S. The third kappa shape index (κ3) is 9.92. The van der Waals surface area contributed by atoms with Gasteiger partial charge in [0.25, 0.3) is 0 Å². The van der Waals surface area contributed by atoms with Crippen molar-refractivity contribution in [3.05, 3.63) is 0 Å². The van der Waals surface area contributed by atoms with Crippen molar-refractivity contribution in [2.75, 3.05) is 26.4 Å². The van der Waals surface area contributed by atoms with Crippen molar-refractivity contribution in [3.8, 4) is 0 Å². The maximum atomic E-state index is 11.1. The van der Waals surface area contributed by atoms with E-state index >= 15 is 0 Å². The van der Waals surface area contributed by atoms with E-state index in [9.17, 15) is 13.2 Å². The Kier molecular flexibility index (Phi) is 7.33. The number of carbonyl (C=O) groups excluding carboxylic acids is 1. The van der Waals surface area contributed by atoms with Gasteiger partial charge in [0.1, 0.15) is 0 Å². The molecule has 0 spiro atoms. The van der Waals surface area contributed by atoms with Gasteiger partial charge < -0.3 is 9.08 Å². The Bertz CT molecular complexity index is 300. The topological polar surface area (TPSA) is 63.7 Å². The normalized spacial score (nSPS) is 11.8. The molecule has 16 heavy (non-hydrogen) atoms. The summed E-state index contributed by atoms with van der Waals surface area (Å²) in [4.78, 5) is 13.1. The van der Waals surface area contributed by atoms with E-state index in [0.717, 1.165) is 32.1 Å². The van der Waals surface area contributed by atoms with Crippen LogP contribution in [0.3, 0.4) is 0 Å². The zero-order chi connectivity index (χ0) is 12.6. The van der Waals surface area contributed by atoms with E-state index in [1.165, 1.54) is 0 Å². The number of hydrogen-bond acceptors (Lipinski definition) is 5. The summed E-state index contributed by atoms with van der Waals surface area (Å²) in [6.07, 6.45) is 4.39. The van der Waals surface area contributed by atoms with Crippen LogP contribution in [-0.2, 0) is 19.1 Å². The molecule has 0 unspecified atom stereocenters. The summed E-state index contributed by atoms with van der Waals surface area (Å²) in [5.74, 6) is -0.690. The van der Waals surface area contributed by atoms with Crippen LogP contribution in [0.25, 0.3) is 0 Å². The first-order valence-corrected chi connectivity index (χ1v) is 7.27. The molecule has 0 saturated heterocycles.